The van der Waals surface area contributed by atoms with Gasteiger partial charge in [-0.3, -0.25) is 14.7 Å². The Morgan fingerprint density at radius 3 is 2.81 bits per heavy atom. The van der Waals surface area contributed by atoms with Gasteiger partial charge in [-0.1, -0.05) is 0 Å². The molecule has 0 radical (unpaired) electrons. The zero-order valence-corrected chi connectivity index (χ0v) is 17.6. The fraction of sp³-hybridized carbons (Fsp3) is 0.409. The van der Waals surface area contributed by atoms with Gasteiger partial charge in [-0.15, -0.1) is 0 Å². The molecule has 2 aromatic rings. The Labute approximate surface area is 184 Å². The molecule has 172 valence electrons. The molecule has 0 saturated carbocycles. The molecule has 7 nitrogen and oxygen atoms in total. The molecule has 1 aromatic heterocycles. The first-order chi connectivity index (χ1) is 15.4. The molecule has 0 atom stereocenters. The van der Waals surface area contributed by atoms with Crippen LogP contribution in [0.25, 0.3) is 0 Å². The first-order valence-electron chi connectivity index (χ1n) is 10.1. The van der Waals surface area contributed by atoms with Crippen molar-refractivity contribution in [2.45, 2.75) is 31.9 Å². The normalized spacial score (nSPS) is 14.3. The largest absolute Gasteiger partial charge is 0.496 e. The van der Waals surface area contributed by atoms with Gasteiger partial charge in [-0.05, 0) is 30.7 Å². The van der Waals surface area contributed by atoms with Gasteiger partial charge in [0.1, 0.15) is 11.6 Å². The maximum atomic E-state index is 13.3. The maximum absolute atomic E-state index is 13.3. The van der Waals surface area contributed by atoms with Gasteiger partial charge in [0, 0.05) is 48.6 Å². The number of benzene rings is 1. The van der Waals surface area contributed by atoms with Crippen LogP contribution in [0.5, 0.6) is 5.75 Å². The van der Waals surface area contributed by atoms with E-state index in [2.05, 4.69) is 10.3 Å². The van der Waals surface area contributed by atoms with Crippen LogP contribution in [-0.2, 0) is 16.1 Å². The minimum Gasteiger partial charge on any atom is -0.496 e. The summed E-state index contributed by atoms with van der Waals surface area (Å²) in [7, 11) is 1.40. The van der Waals surface area contributed by atoms with Gasteiger partial charge in [-0.25, -0.2) is 13.2 Å². The standard InChI is InChI=1S/C22H25F3N4O3/c1-31-20-9-14(23)4-5-16(20)18(26)6-7-21(30)28-15-10-29(11-15)13-32-12-19-17(22(24)25)3-2-8-27-19/h2-5,8-9,15,22,26H,6-7,10-13H2,1H3,(H,28,30). The van der Waals surface area contributed by atoms with E-state index in [1.807, 2.05) is 4.90 Å². The summed E-state index contributed by atoms with van der Waals surface area (Å²) < 4.78 is 49.7. The summed E-state index contributed by atoms with van der Waals surface area (Å²) in [5.41, 5.74) is 0.730. The van der Waals surface area contributed by atoms with Gasteiger partial charge in [0.25, 0.3) is 6.43 Å². The number of ether oxygens (including phenoxy) is 2. The number of rotatable bonds is 11. The number of hydrogen-bond acceptors (Lipinski definition) is 6. The van der Waals surface area contributed by atoms with E-state index >= 15 is 0 Å². The number of carbonyl (C=O) groups excluding carboxylic acids is 1. The molecule has 1 saturated heterocycles. The van der Waals surface area contributed by atoms with Crippen molar-refractivity contribution in [2.75, 3.05) is 26.9 Å². The number of alkyl halides is 2. The topological polar surface area (TPSA) is 87.5 Å². The molecule has 3 rings (SSSR count). The Bertz CT molecular complexity index is 952. The fourth-order valence-corrected chi connectivity index (χ4v) is 3.40. The lowest BCUT2D eigenvalue weighted by Gasteiger charge is -2.39. The number of carbonyl (C=O) groups is 1. The smallest absolute Gasteiger partial charge is 0.265 e. The van der Waals surface area contributed by atoms with Crippen molar-refractivity contribution in [3.8, 4) is 5.75 Å². The van der Waals surface area contributed by atoms with Crippen LogP contribution in [0, 0.1) is 11.2 Å². The van der Waals surface area contributed by atoms with Crippen LogP contribution in [0.3, 0.4) is 0 Å². The highest BCUT2D eigenvalue weighted by Gasteiger charge is 2.28. The van der Waals surface area contributed by atoms with Crippen molar-refractivity contribution in [3.05, 3.63) is 59.2 Å². The molecule has 32 heavy (non-hydrogen) atoms. The molecule has 1 amide bonds. The Balaban J connectivity index is 1.34. The van der Waals surface area contributed by atoms with Crippen LogP contribution in [0.4, 0.5) is 13.2 Å². The van der Waals surface area contributed by atoms with Crippen LogP contribution in [-0.4, -0.2) is 54.5 Å². The number of aromatic nitrogens is 1. The van der Waals surface area contributed by atoms with Crippen molar-refractivity contribution < 1.29 is 27.4 Å². The molecule has 2 heterocycles. The van der Waals surface area contributed by atoms with Crippen molar-refractivity contribution in [1.29, 1.82) is 5.41 Å². The number of amides is 1. The predicted octanol–water partition coefficient (Wildman–Crippen LogP) is 3.29. The first-order valence-corrected chi connectivity index (χ1v) is 10.1. The SMILES string of the molecule is COc1cc(F)ccc1C(=N)CCC(=O)NC1CN(COCc2ncccc2C(F)F)C1. The Hall–Kier alpha value is -2.98. The third-order valence-electron chi connectivity index (χ3n) is 5.09. The summed E-state index contributed by atoms with van der Waals surface area (Å²) in [5, 5.41) is 11.0. The van der Waals surface area contributed by atoms with Gasteiger partial charge in [0.05, 0.1) is 32.2 Å². The van der Waals surface area contributed by atoms with E-state index < -0.39 is 12.2 Å². The van der Waals surface area contributed by atoms with E-state index in [0.717, 1.165) is 0 Å². The monoisotopic (exact) mass is 450 g/mol. The average Bonchev–Trinajstić information content (AvgIpc) is 2.75. The van der Waals surface area contributed by atoms with E-state index in [4.69, 9.17) is 14.9 Å². The molecule has 1 fully saturated rings. The molecule has 0 spiro atoms. The van der Waals surface area contributed by atoms with Crippen LogP contribution >= 0.6 is 0 Å². The number of nitrogens with zero attached hydrogens (tertiary/aromatic N) is 2. The summed E-state index contributed by atoms with van der Waals surface area (Å²) in [4.78, 5) is 18.0. The fourth-order valence-electron chi connectivity index (χ4n) is 3.40. The minimum absolute atomic E-state index is 0.0109. The first kappa shape index (κ1) is 23.7. The van der Waals surface area contributed by atoms with Crippen molar-refractivity contribution in [1.82, 2.24) is 15.2 Å². The van der Waals surface area contributed by atoms with E-state index in [9.17, 15) is 18.0 Å². The zero-order chi connectivity index (χ0) is 23.1. The number of hydrogen-bond donors (Lipinski definition) is 2. The molecular formula is C22H25F3N4O3. The molecule has 0 unspecified atom stereocenters. The number of likely N-dealkylation sites (tertiary alicyclic amines) is 1. The van der Waals surface area contributed by atoms with Crippen molar-refractivity contribution in [2.24, 2.45) is 0 Å². The van der Waals surface area contributed by atoms with E-state index in [1.54, 1.807) is 0 Å². The van der Waals surface area contributed by atoms with Crippen LogP contribution < -0.4 is 10.1 Å². The minimum atomic E-state index is -2.60. The van der Waals surface area contributed by atoms with Gasteiger partial charge in [-0.2, -0.15) is 0 Å². The summed E-state index contributed by atoms with van der Waals surface area (Å²) in [6.45, 7) is 1.40. The van der Waals surface area contributed by atoms with Crippen molar-refractivity contribution in [3.63, 3.8) is 0 Å². The van der Waals surface area contributed by atoms with Crippen LogP contribution in [0.15, 0.2) is 36.5 Å². The van der Waals surface area contributed by atoms with E-state index in [1.165, 1.54) is 43.6 Å². The highest BCUT2D eigenvalue weighted by atomic mass is 19.3. The molecule has 2 N–H and O–H groups in total. The van der Waals surface area contributed by atoms with Gasteiger partial charge < -0.3 is 20.2 Å². The van der Waals surface area contributed by atoms with Crippen molar-refractivity contribution >= 4 is 11.6 Å². The highest BCUT2D eigenvalue weighted by molar-refractivity contribution is 6.02. The maximum Gasteiger partial charge on any atom is 0.265 e. The quantitative estimate of drug-likeness (QED) is 0.513. The second-order valence-corrected chi connectivity index (χ2v) is 7.44. The second-order valence-electron chi connectivity index (χ2n) is 7.44. The Morgan fingerprint density at radius 2 is 2.09 bits per heavy atom. The number of methoxy groups -OCH3 is 1. The molecule has 1 aliphatic heterocycles. The number of halogens is 3. The molecular weight excluding hydrogens is 425 g/mol. The molecule has 0 aliphatic carbocycles. The lowest BCUT2D eigenvalue weighted by atomic mass is 10.0. The third-order valence-corrected chi connectivity index (χ3v) is 5.09. The lowest BCUT2D eigenvalue weighted by Crippen LogP contribution is -2.59. The summed E-state index contributed by atoms with van der Waals surface area (Å²) in [6, 6.07) is 6.68. The van der Waals surface area contributed by atoms with Gasteiger partial charge in [0.15, 0.2) is 0 Å². The highest BCUT2D eigenvalue weighted by Crippen LogP contribution is 2.23. The Kier molecular flexibility index (Phi) is 8.18. The molecule has 0 bridgehead atoms. The molecule has 10 heteroatoms. The van der Waals surface area contributed by atoms with Crippen LogP contribution in [0.2, 0.25) is 0 Å². The second kappa shape index (κ2) is 11.1. The summed E-state index contributed by atoms with van der Waals surface area (Å²) in [5.74, 6) is -0.378. The van der Waals surface area contributed by atoms with Crippen LogP contribution in [0.1, 0.15) is 36.1 Å². The average molecular weight is 450 g/mol. The van der Waals surface area contributed by atoms with E-state index in [-0.39, 0.29) is 60.8 Å². The van der Waals surface area contributed by atoms with Gasteiger partial charge in [0.2, 0.25) is 5.91 Å². The zero-order valence-electron chi connectivity index (χ0n) is 17.6. The lowest BCUT2D eigenvalue weighted by molar-refractivity contribution is -0.123. The molecule has 1 aromatic carbocycles. The number of pyridine rings is 1. The summed E-state index contributed by atoms with van der Waals surface area (Å²) in [6.07, 6.45) is -0.825. The summed E-state index contributed by atoms with van der Waals surface area (Å²) >= 11 is 0. The van der Waals surface area contributed by atoms with E-state index in [0.29, 0.717) is 18.7 Å². The predicted molar refractivity (Wildman–Crippen MR) is 111 cm³/mol. The third kappa shape index (κ3) is 6.27. The number of nitrogens with one attached hydrogen (secondary N) is 2. The Morgan fingerprint density at radius 1 is 1.31 bits per heavy atom. The van der Waals surface area contributed by atoms with Gasteiger partial charge >= 0.3 is 0 Å². The molecule has 1 aliphatic rings.